The van der Waals surface area contributed by atoms with Gasteiger partial charge in [0.2, 0.25) is 0 Å². The molecule has 0 N–H and O–H groups in total. The minimum Gasteiger partial charge on any atom is -0.497 e. The summed E-state index contributed by atoms with van der Waals surface area (Å²) < 4.78 is 5.32. The quantitative estimate of drug-likeness (QED) is 0.758. The third-order valence-corrected chi connectivity index (χ3v) is 5.41. The van der Waals surface area contributed by atoms with Gasteiger partial charge in [-0.15, -0.1) is 0 Å². The molecule has 0 saturated heterocycles. The van der Waals surface area contributed by atoms with Gasteiger partial charge in [0.15, 0.2) is 0 Å². The van der Waals surface area contributed by atoms with E-state index in [1.54, 1.807) is 12.3 Å². The second-order valence-electron chi connectivity index (χ2n) is 5.40. The Morgan fingerprint density at radius 3 is 2.16 bits per heavy atom. The molecule has 2 aromatic carbocycles. The van der Waals surface area contributed by atoms with Crippen LogP contribution in [-0.4, -0.2) is 15.9 Å². The number of hydrogen-bond donors (Lipinski definition) is 0. The minimum absolute atomic E-state index is 0.352. The fourth-order valence-corrected chi connectivity index (χ4v) is 3.69. The molecule has 1 aliphatic rings. The largest absolute Gasteiger partial charge is 0.497 e. The summed E-state index contributed by atoms with van der Waals surface area (Å²) in [7, 11) is 1.38. The van der Waals surface area contributed by atoms with Crippen LogP contribution in [0.15, 0.2) is 36.4 Å². The first-order valence-corrected chi connectivity index (χ1v) is 9.30. The SMILES string of the molecule is COc1ccc2c(c1)CCc1cc([Si](C)C)ccc1-2. The summed E-state index contributed by atoms with van der Waals surface area (Å²) in [4.78, 5) is 0. The van der Waals surface area contributed by atoms with Crippen molar-refractivity contribution in [2.24, 2.45) is 0 Å². The number of benzene rings is 2. The van der Waals surface area contributed by atoms with E-state index in [4.69, 9.17) is 4.74 Å². The summed E-state index contributed by atoms with van der Waals surface area (Å²) in [5.74, 6) is 0.964. The molecule has 2 heteroatoms. The molecule has 0 amide bonds. The second-order valence-corrected chi connectivity index (χ2v) is 7.97. The first-order chi connectivity index (χ1) is 9.19. The van der Waals surface area contributed by atoms with Crippen LogP contribution >= 0.6 is 0 Å². The molecule has 1 radical (unpaired) electrons. The Hall–Kier alpha value is -1.54. The van der Waals surface area contributed by atoms with Crippen molar-refractivity contribution in [3.8, 4) is 16.9 Å². The zero-order valence-corrected chi connectivity index (χ0v) is 12.8. The molecule has 0 aliphatic heterocycles. The number of rotatable bonds is 2. The van der Waals surface area contributed by atoms with E-state index >= 15 is 0 Å². The molecule has 0 fully saturated rings. The summed E-state index contributed by atoms with van der Waals surface area (Å²) in [6.07, 6.45) is 2.27. The molecule has 0 spiro atoms. The van der Waals surface area contributed by atoms with Crippen LogP contribution in [0.5, 0.6) is 5.75 Å². The van der Waals surface area contributed by atoms with Gasteiger partial charge in [-0.25, -0.2) is 0 Å². The van der Waals surface area contributed by atoms with E-state index in [1.165, 1.54) is 22.3 Å². The molecule has 0 saturated carbocycles. The summed E-state index contributed by atoms with van der Waals surface area (Å²) in [6, 6.07) is 13.5. The molecule has 0 atom stereocenters. The van der Waals surface area contributed by atoms with Crippen LogP contribution in [0.1, 0.15) is 11.1 Å². The van der Waals surface area contributed by atoms with E-state index in [0.717, 1.165) is 18.6 Å². The van der Waals surface area contributed by atoms with E-state index in [9.17, 15) is 0 Å². The topological polar surface area (TPSA) is 9.23 Å². The van der Waals surface area contributed by atoms with Gasteiger partial charge in [-0.3, -0.25) is 0 Å². The van der Waals surface area contributed by atoms with Crippen molar-refractivity contribution in [2.45, 2.75) is 25.9 Å². The van der Waals surface area contributed by atoms with Gasteiger partial charge in [0.25, 0.3) is 0 Å². The lowest BCUT2D eigenvalue weighted by Gasteiger charge is -2.21. The number of methoxy groups -OCH3 is 1. The first kappa shape index (κ1) is 12.5. The van der Waals surface area contributed by atoms with Crippen molar-refractivity contribution >= 4 is 14.0 Å². The van der Waals surface area contributed by atoms with Gasteiger partial charge in [0.05, 0.1) is 15.9 Å². The zero-order chi connectivity index (χ0) is 13.4. The fourth-order valence-electron chi connectivity index (χ4n) is 2.81. The van der Waals surface area contributed by atoms with Crippen LogP contribution in [0.3, 0.4) is 0 Å². The molecule has 1 nitrogen and oxygen atoms in total. The maximum Gasteiger partial charge on any atom is 0.119 e. The van der Waals surface area contributed by atoms with Gasteiger partial charge in [-0.2, -0.15) is 0 Å². The van der Waals surface area contributed by atoms with E-state index in [-0.39, 0.29) is 8.80 Å². The predicted octanol–water partition coefficient (Wildman–Crippen LogP) is 3.42. The Bertz CT molecular complexity index is 617. The molecular weight excluding hydrogens is 248 g/mol. The monoisotopic (exact) mass is 267 g/mol. The van der Waals surface area contributed by atoms with Crippen molar-refractivity contribution in [1.29, 1.82) is 0 Å². The summed E-state index contributed by atoms with van der Waals surface area (Å²) >= 11 is 0. The molecule has 19 heavy (non-hydrogen) atoms. The highest BCUT2D eigenvalue weighted by atomic mass is 28.3. The average molecular weight is 267 g/mol. The van der Waals surface area contributed by atoms with Crippen LogP contribution in [-0.2, 0) is 12.8 Å². The van der Waals surface area contributed by atoms with Crippen LogP contribution < -0.4 is 9.92 Å². The molecule has 2 aromatic rings. The van der Waals surface area contributed by atoms with Gasteiger partial charge < -0.3 is 4.74 Å². The van der Waals surface area contributed by atoms with E-state index in [0.29, 0.717) is 0 Å². The predicted molar refractivity (Wildman–Crippen MR) is 83.0 cm³/mol. The number of aryl methyl sites for hydroxylation is 2. The molecule has 0 bridgehead atoms. The summed E-state index contributed by atoms with van der Waals surface area (Å²) in [5, 5.41) is 1.54. The van der Waals surface area contributed by atoms with E-state index < -0.39 is 0 Å². The van der Waals surface area contributed by atoms with Crippen LogP contribution in [0.4, 0.5) is 0 Å². The third kappa shape index (κ3) is 2.21. The van der Waals surface area contributed by atoms with Gasteiger partial charge >= 0.3 is 0 Å². The Morgan fingerprint density at radius 1 is 0.895 bits per heavy atom. The molecule has 0 aromatic heterocycles. The van der Waals surface area contributed by atoms with Crippen LogP contribution in [0, 0.1) is 0 Å². The number of hydrogen-bond acceptors (Lipinski definition) is 1. The highest BCUT2D eigenvalue weighted by molar-refractivity contribution is 6.70. The fraction of sp³-hybridized carbons (Fsp3) is 0.294. The zero-order valence-electron chi connectivity index (χ0n) is 11.8. The van der Waals surface area contributed by atoms with Gasteiger partial charge in [-0.1, -0.05) is 42.5 Å². The molecule has 0 heterocycles. The Balaban J connectivity index is 2.09. The van der Waals surface area contributed by atoms with Crippen molar-refractivity contribution in [3.05, 3.63) is 47.5 Å². The normalized spacial score (nSPS) is 13.1. The van der Waals surface area contributed by atoms with E-state index in [2.05, 4.69) is 49.5 Å². The molecular formula is C17H19OSi. The average Bonchev–Trinajstić information content (AvgIpc) is 2.45. The number of ether oxygens (including phenoxy) is 1. The Morgan fingerprint density at radius 2 is 1.53 bits per heavy atom. The molecule has 3 rings (SSSR count). The summed E-state index contributed by atoms with van der Waals surface area (Å²) in [5.41, 5.74) is 5.73. The first-order valence-electron chi connectivity index (χ1n) is 6.80. The van der Waals surface area contributed by atoms with Crippen molar-refractivity contribution in [1.82, 2.24) is 0 Å². The maximum absolute atomic E-state index is 5.32. The smallest absolute Gasteiger partial charge is 0.119 e. The van der Waals surface area contributed by atoms with E-state index in [1.807, 2.05) is 0 Å². The van der Waals surface area contributed by atoms with Crippen molar-refractivity contribution in [3.63, 3.8) is 0 Å². The van der Waals surface area contributed by atoms with Gasteiger partial charge in [0.1, 0.15) is 5.75 Å². The number of fused-ring (bicyclic) bond motifs is 3. The molecule has 97 valence electrons. The highest BCUT2D eigenvalue weighted by Gasteiger charge is 2.17. The van der Waals surface area contributed by atoms with Crippen LogP contribution in [0.25, 0.3) is 11.1 Å². The lowest BCUT2D eigenvalue weighted by atomic mass is 9.85. The maximum atomic E-state index is 5.32. The lowest BCUT2D eigenvalue weighted by molar-refractivity contribution is 0.414. The van der Waals surface area contributed by atoms with Gasteiger partial charge in [-0.05, 0) is 47.2 Å². The third-order valence-electron chi connectivity index (χ3n) is 3.95. The van der Waals surface area contributed by atoms with Gasteiger partial charge in [0, 0.05) is 0 Å². The lowest BCUT2D eigenvalue weighted by Crippen LogP contribution is -2.23. The Kier molecular flexibility index (Phi) is 3.19. The minimum atomic E-state index is -0.352. The highest BCUT2D eigenvalue weighted by Crippen LogP contribution is 2.34. The molecule has 0 unspecified atom stereocenters. The van der Waals surface area contributed by atoms with Crippen LogP contribution in [0.2, 0.25) is 13.1 Å². The second kappa shape index (κ2) is 4.86. The summed E-state index contributed by atoms with van der Waals surface area (Å²) in [6.45, 7) is 4.71. The Labute approximate surface area is 116 Å². The van der Waals surface area contributed by atoms with Crippen molar-refractivity contribution in [2.75, 3.05) is 7.11 Å². The van der Waals surface area contributed by atoms with Crippen molar-refractivity contribution < 1.29 is 4.74 Å². The standard InChI is InChI=1S/C17H19OSi/c1-18-14-6-8-16-12(10-14)4-5-13-11-15(19(2)3)7-9-17(13)16/h6-11H,4-5H2,1-3H3. The molecule has 1 aliphatic carbocycles.